The number of carbonyl (C=O) groups excluding carboxylic acids is 1. The van der Waals surface area contributed by atoms with Crippen LogP contribution in [-0.2, 0) is 6.73 Å². The Bertz CT molecular complexity index is 1230. The van der Waals surface area contributed by atoms with Crippen LogP contribution in [0.15, 0.2) is 73.1 Å². The molecule has 0 saturated carbocycles. The number of para-hydroxylation sites is 2. The first-order valence-corrected chi connectivity index (χ1v) is 9.29. The number of ether oxygens (including phenoxy) is 1. The molecule has 0 fully saturated rings. The number of nitrogens with zero attached hydrogens (tertiary/aromatic N) is 5. The summed E-state index contributed by atoms with van der Waals surface area (Å²) in [6, 6.07) is 19.9. The van der Waals surface area contributed by atoms with Crippen molar-refractivity contribution in [3.8, 4) is 17.5 Å². The van der Waals surface area contributed by atoms with Gasteiger partial charge in [0.25, 0.3) is 5.91 Å². The van der Waals surface area contributed by atoms with Crippen molar-refractivity contribution in [3.63, 3.8) is 0 Å². The lowest BCUT2D eigenvalue weighted by atomic mass is 10.3. The highest BCUT2D eigenvalue weighted by Crippen LogP contribution is 2.23. The molecule has 2 heterocycles. The molecule has 0 atom stereocenters. The normalized spacial score (nSPS) is 10.4. The van der Waals surface area contributed by atoms with Crippen molar-refractivity contribution < 1.29 is 9.53 Å². The SMILES string of the molecule is N#Cc1cnn(-c2ccccc2)c1NC(=O)c1ccn(COc2ccccc2Cl)n1. The van der Waals surface area contributed by atoms with E-state index < -0.39 is 5.91 Å². The molecule has 0 unspecified atom stereocenters. The number of nitriles is 1. The number of benzene rings is 2. The average molecular weight is 419 g/mol. The first kappa shape index (κ1) is 19.2. The Morgan fingerprint density at radius 1 is 1.13 bits per heavy atom. The standard InChI is InChI=1S/C21H15ClN6O2/c22-17-8-4-5-9-19(17)30-14-27-11-10-18(26-27)21(29)25-20-15(12-23)13-24-28(20)16-6-2-1-3-7-16/h1-11,13H,14H2,(H,25,29). The zero-order valence-electron chi connectivity index (χ0n) is 15.6. The summed E-state index contributed by atoms with van der Waals surface area (Å²) in [6.45, 7) is 0.0857. The fourth-order valence-electron chi connectivity index (χ4n) is 2.74. The number of aromatic nitrogens is 4. The minimum atomic E-state index is -0.472. The predicted molar refractivity (Wildman–Crippen MR) is 111 cm³/mol. The van der Waals surface area contributed by atoms with E-state index in [0.717, 1.165) is 0 Å². The van der Waals surface area contributed by atoms with Gasteiger partial charge in [-0.05, 0) is 30.3 Å². The average Bonchev–Trinajstić information content (AvgIpc) is 3.41. The third-order valence-electron chi connectivity index (χ3n) is 4.18. The van der Waals surface area contributed by atoms with Crippen molar-refractivity contribution >= 4 is 23.3 Å². The Morgan fingerprint density at radius 2 is 1.90 bits per heavy atom. The van der Waals surface area contributed by atoms with Crippen LogP contribution in [0.3, 0.4) is 0 Å². The third kappa shape index (κ3) is 4.01. The molecule has 1 amide bonds. The Hall–Kier alpha value is -4.09. The van der Waals surface area contributed by atoms with Crippen molar-refractivity contribution in [1.82, 2.24) is 19.6 Å². The summed E-state index contributed by atoms with van der Waals surface area (Å²) in [5, 5.41) is 21.0. The zero-order valence-corrected chi connectivity index (χ0v) is 16.3. The molecular weight excluding hydrogens is 404 g/mol. The molecule has 4 aromatic rings. The van der Waals surface area contributed by atoms with Crippen LogP contribution in [0.25, 0.3) is 5.69 Å². The van der Waals surface area contributed by atoms with Gasteiger partial charge in [0.05, 0.1) is 16.9 Å². The summed E-state index contributed by atoms with van der Waals surface area (Å²) < 4.78 is 8.58. The molecule has 0 spiro atoms. The highest BCUT2D eigenvalue weighted by molar-refractivity contribution is 6.32. The lowest BCUT2D eigenvalue weighted by molar-refractivity contribution is 0.101. The second-order valence-corrected chi connectivity index (χ2v) is 6.57. The van der Waals surface area contributed by atoms with Gasteiger partial charge < -0.3 is 10.1 Å². The molecule has 30 heavy (non-hydrogen) atoms. The van der Waals surface area contributed by atoms with Gasteiger partial charge in [-0.25, -0.2) is 9.36 Å². The van der Waals surface area contributed by atoms with Gasteiger partial charge in [-0.1, -0.05) is 41.9 Å². The van der Waals surface area contributed by atoms with E-state index in [9.17, 15) is 10.1 Å². The Balaban J connectivity index is 1.50. The maximum Gasteiger partial charge on any atom is 0.277 e. The van der Waals surface area contributed by atoms with Crippen molar-refractivity contribution in [1.29, 1.82) is 5.26 Å². The van der Waals surface area contributed by atoms with E-state index in [2.05, 4.69) is 15.5 Å². The van der Waals surface area contributed by atoms with Gasteiger partial charge >= 0.3 is 0 Å². The van der Waals surface area contributed by atoms with Gasteiger partial charge in [0.1, 0.15) is 17.4 Å². The molecule has 0 aliphatic rings. The molecule has 0 bridgehead atoms. The minimum absolute atomic E-state index is 0.0857. The van der Waals surface area contributed by atoms with Gasteiger partial charge in [0.15, 0.2) is 18.2 Å². The van der Waals surface area contributed by atoms with Crippen LogP contribution in [0.2, 0.25) is 5.02 Å². The zero-order chi connectivity index (χ0) is 20.9. The van der Waals surface area contributed by atoms with E-state index in [4.69, 9.17) is 16.3 Å². The number of rotatable bonds is 6. The molecule has 0 aliphatic heterocycles. The molecule has 0 radical (unpaired) electrons. The molecule has 0 saturated heterocycles. The first-order valence-electron chi connectivity index (χ1n) is 8.91. The number of hydrogen-bond acceptors (Lipinski definition) is 5. The van der Waals surface area contributed by atoms with E-state index in [1.54, 1.807) is 30.5 Å². The summed E-state index contributed by atoms with van der Waals surface area (Å²) >= 11 is 6.07. The van der Waals surface area contributed by atoms with Crippen LogP contribution in [0.4, 0.5) is 5.82 Å². The van der Waals surface area contributed by atoms with Crippen molar-refractivity contribution in [2.75, 3.05) is 5.32 Å². The fourth-order valence-corrected chi connectivity index (χ4v) is 2.93. The maximum absolute atomic E-state index is 12.7. The van der Waals surface area contributed by atoms with Crippen LogP contribution in [0.5, 0.6) is 5.75 Å². The minimum Gasteiger partial charge on any atom is -0.470 e. The highest BCUT2D eigenvalue weighted by atomic mass is 35.5. The van der Waals surface area contributed by atoms with E-state index in [1.807, 2.05) is 42.5 Å². The summed E-state index contributed by atoms with van der Waals surface area (Å²) in [4.78, 5) is 12.7. The molecule has 2 aromatic carbocycles. The Labute approximate surface area is 176 Å². The van der Waals surface area contributed by atoms with Gasteiger partial charge in [-0.15, -0.1) is 0 Å². The highest BCUT2D eigenvalue weighted by Gasteiger charge is 2.18. The summed E-state index contributed by atoms with van der Waals surface area (Å²) in [7, 11) is 0. The summed E-state index contributed by atoms with van der Waals surface area (Å²) in [5.74, 6) is 0.322. The molecule has 9 heteroatoms. The third-order valence-corrected chi connectivity index (χ3v) is 4.50. The van der Waals surface area contributed by atoms with Gasteiger partial charge in [-0.3, -0.25) is 4.79 Å². The van der Waals surface area contributed by atoms with Crippen LogP contribution in [-0.4, -0.2) is 25.5 Å². The lowest BCUT2D eigenvalue weighted by Gasteiger charge is -2.09. The van der Waals surface area contributed by atoms with Crippen molar-refractivity contribution in [3.05, 3.63) is 89.3 Å². The van der Waals surface area contributed by atoms with Gasteiger partial charge in [0.2, 0.25) is 0 Å². The summed E-state index contributed by atoms with van der Waals surface area (Å²) in [5.41, 5.74) is 1.13. The monoisotopic (exact) mass is 418 g/mol. The van der Waals surface area contributed by atoms with Crippen LogP contribution in [0, 0.1) is 11.3 Å². The lowest BCUT2D eigenvalue weighted by Crippen LogP contribution is -2.17. The Morgan fingerprint density at radius 3 is 2.67 bits per heavy atom. The molecule has 2 aromatic heterocycles. The molecule has 4 rings (SSSR count). The molecule has 0 aliphatic carbocycles. The van der Waals surface area contributed by atoms with Gasteiger partial charge in [-0.2, -0.15) is 15.5 Å². The number of amides is 1. The summed E-state index contributed by atoms with van der Waals surface area (Å²) in [6.07, 6.45) is 3.02. The fraction of sp³-hybridized carbons (Fsp3) is 0.0476. The smallest absolute Gasteiger partial charge is 0.277 e. The second-order valence-electron chi connectivity index (χ2n) is 6.16. The number of anilines is 1. The van der Waals surface area contributed by atoms with E-state index in [-0.39, 0.29) is 23.8 Å². The quantitative estimate of drug-likeness (QED) is 0.512. The van der Waals surface area contributed by atoms with Crippen LogP contribution < -0.4 is 10.1 Å². The van der Waals surface area contributed by atoms with Crippen LogP contribution in [0.1, 0.15) is 16.1 Å². The largest absolute Gasteiger partial charge is 0.470 e. The van der Waals surface area contributed by atoms with E-state index >= 15 is 0 Å². The molecule has 148 valence electrons. The van der Waals surface area contributed by atoms with Crippen molar-refractivity contribution in [2.45, 2.75) is 6.73 Å². The van der Waals surface area contributed by atoms with Crippen molar-refractivity contribution in [2.24, 2.45) is 0 Å². The number of carbonyl (C=O) groups is 1. The van der Waals surface area contributed by atoms with E-state index in [0.29, 0.717) is 16.5 Å². The van der Waals surface area contributed by atoms with Gasteiger partial charge in [0, 0.05) is 6.20 Å². The molecular formula is C21H15ClN6O2. The maximum atomic E-state index is 12.7. The second kappa shape index (κ2) is 8.51. The Kier molecular flexibility index (Phi) is 5.46. The topological polar surface area (TPSA) is 97.8 Å². The number of hydrogen-bond donors (Lipinski definition) is 1. The van der Waals surface area contributed by atoms with E-state index in [1.165, 1.54) is 15.6 Å². The molecule has 1 N–H and O–H groups in total. The molecule has 8 nitrogen and oxygen atoms in total. The number of nitrogens with one attached hydrogen (secondary N) is 1. The first-order chi connectivity index (χ1) is 14.7. The van der Waals surface area contributed by atoms with Crippen LogP contribution >= 0.6 is 11.6 Å². The number of halogens is 1. The predicted octanol–water partition coefficient (Wildman–Crippen LogP) is 3.88.